The molecule has 132 valence electrons. The molecule has 2 aliphatic rings. The van der Waals surface area contributed by atoms with Gasteiger partial charge in [0.05, 0.1) is 12.5 Å². The number of ether oxygens (including phenoxy) is 3. The molecule has 1 fully saturated rings. The minimum absolute atomic E-state index is 0.0316. The van der Waals surface area contributed by atoms with Crippen LogP contribution in [0.25, 0.3) is 0 Å². The van der Waals surface area contributed by atoms with Gasteiger partial charge in [-0.15, -0.1) is 0 Å². The van der Waals surface area contributed by atoms with Gasteiger partial charge in [-0.1, -0.05) is 6.07 Å². The van der Waals surface area contributed by atoms with Gasteiger partial charge in [-0.05, 0) is 57.2 Å². The first-order chi connectivity index (χ1) is 11.7. The van der Waals surface area contributed by atoms with Crippen molar-refractivity contribution in [2.24, 2.45) is 5.92 Å². The lowest BCUT2D eigenvalue weighted by Crippen LogP contribution is -2.36. The normalized spacial score (nSPS) is 24.2. The largest absolute Gasteiger partial charge is 0.486 e. The molecule has 0 spiro atoms. The highest BCUT2D eigenvalue weighted by Crippen LogP contribution is 2.33. The predicted octanol–water partition coefficient (Wildman–Crippen LogP) is 3.23. The van der Waals surface area contributed by atoms with E-state index in [0.29, 0.717) is 25.9 Å². The molecule has 1 saturated carbocycles. The summed E-state index contributed by atoms with van der Waals surface area (Å²) < 4.78 is 16.4. The molecule has 1 heterocycles. The van der Waals surface area contributed by atoms with Crippen LogP contribution in [0.1, 0.15) is 51.1 Å². The van der Waals surface area contributed by atoms with Crippen molar-refractivity contribution in [1.82, 2.24) is 5.32 Å². The molecule has 24 heavy (non-hydrogen) atoms. The van der Waals surface area contributed by atoms with E-state index in [1.54, 1.807) is 0 Å². The van der Waals surface area contributed by atoms with Crippen LogP contribution in [0.2, 0.25) is 0 Å². The average Bonchev–Trinajstić information content (AvgIpc) is 2.62. The molecule has 0 saturated heterocycles. The minimum Gasteiger partial charge on any atom is -0.486 e. The van der Waals surface area contributed by atoms with Gasteiger partial charge in [-0.3, -0.25) is 4.79 Å². The lowest BCUT2D eigenvalue weighted by atomic mass is 9.85. The van der Waals surface area contributed by atoms with Gasteiger partial charge in [-0.25, -0.2) is 0 Å². The summed E-state index contributed by atoms with van der Waals surface area (Å²) in [7, 11) is 0. The molecule has 5 nitrogen and oxygen atoms in total. The van der Waals surface area contributed by atoms with Gasteiger partial charge in [-0.2, -0.15) is 0 Å². The summed E-state index contributed by atoms with van der Waals surface area (Å²) in [5, 5.41) is 3.68. The van der Waals surface area contributed by atoms with Crippen molar-refractivity contribution in [2.45, 2.75) is 51.6 Å². The SMILES string of the molecule is CCOC(=O)C1CCC(NC(C)c2ccc3c(c2)OCCO3)CC1. The molecule has 1 atom stereocenters. The number of fused-ring (bicyclic) bond motifs is 1. The van der Waals surface area contributed by atoms with Gasteiger partial charge in [0, 0.05) is 12.1 Å². The van der Waals surface area contributed by atoms with Crippen LogP contribution in [0.15, 0.2) is 18.2 Å². The smallest absolute Gasteiger partial charge is 0.308 e. The molecule has 0 radical (unpaired) electrons. The van der Waals surface area contributed by atoms with Crippen molar-refractivity contribution in [3.05, 3.63) is 23.8 Å². The number of esters is 1. The van der Waals surface area contributed by atoms with Crippen LogP contribution in [-0.4, -0.2) is 31.8 Å². The van der Waals surface area contributed by atoms with E-state index in [-0.39, 0.29) is 17.9 Å². The van der Waals surface area contributed by atoms with Gasteiger partial charge < -0.3 is 19.5 Å². The van der Waals surface area contributed by atoms with Crippen LogP contribution in [0.4, 0.5) is 0 Å². The Morgan fingerprint density at radius 1 is 1.21 bits per heavy atom. The fourth-order valence-corrected chi connectivity index (χ4v) is 3.53. The zero-order chi connectivity index (χ0) is 16.9. The Kier molecular flexibility index (Phi) is 5.61. The van der Waals surface area contributed by atoms with Crippen LogP contribution >= 0.6 is 0 Å². The molecule has 1 aliphatic heterocycles. The zero-order valence-electron chi connectivity index (χ0n) is 14.5. The Morgan fingerprint density at radius 3 is 2.62 bits per heavy atom. The van der Waals surface area contributed by atoms with Crippen molar-refractivity contribution < 1.29 is 19.0 Å². The van der Waals surface area contributed by atoms with E-state index >= 15 is 0 Å². The van der Waals surface area contributed by atoms with Crippen molar-refractivity contribution in [1.29, 1.82) is 0 Å². The molecule has 0 amide bonds. The Hall–Kier alpha value is -1.75. The summed E-state index contributed by atoms with van der Waals surface area (Å²) in [4.78, 5) is 11.8. The van der Waals surface area contributed by atoms with Gasteiger partial charge in [0.25, 0.3) is 0 Å². The molecular formula is C19H27NO4. The Balaban J connectivity index is 1.52. The molecule has 0 bridgehead atoms. The maximum Gasteiger partial charge on any atom is 0.308 e. The molecular weight excluding hydrogens is 306 g/mol. The third kappa shape index (κ3) is 4.01. The molecule has 1 aromatic rings. The second kappa shape index (κ2) is 7.88. The highest BCUT2D eigenvalue weighted by Gasteiger charge is 2.28. The second-order valence-electron chi connectivity index (χ2n) is 6.59. The van der Waals surface area contributed by atoms with Gasteiger partial charge in [0.2, 0.25) is 0 Å². The average molecular weight is 333 g/mol. The first-order valence-corrected chi connectivity index (χ1v) is 8.99. The monoisotopic (exact) mass is 333 g/mol. The molecule has 1 N–H and O–H groups in total. The maximum absolute atomic E-state index is 11.8. The highest BCUT2D eigenvalue weighted by atomic mass is 16.6. The molecule has 3 rings (SSSR count). The van der Waals surface area contributed by atoms with E-state index in [1.807, 2.05) is 13.0 Å². The van der Waals surface area contributed by atoms with E-state index in [2.05, 4.69) is 24.4 Å². The zero-order valence-corrected chi connectivity index (χ0v) is 14.5. The number of carbonyl (C=O) groups is 1. The van der Waals surface area contributed by atoms with E-state index in [9.17, 15) is 4.79 Å². The summed E-state index contributed by atoms with van der Waals surface area (Å²) in [5.74, 6) is 1.70. The highest BCUT2D eigenvalue weighted by molar-refractivity contribution is 5.72. The molecule has 1 unspecified atom stereocenters. The number of hydrogen-bond acceptors (Lipinski definition) is 5. The van der Waals surface area contributed by atoms with Gasteiger partial charge >= 0.3 is 5.97 Å². The summed E-state index contributed by atoms with van der Waals surface area (Å²) in [6.07, 6.45) is 3.84. The van der Waals surface area contributed by atoms with E-state index in [1.165, 1.54) is 5.56 Å². The van der Waals surface area contributed by atoms with E-state index < -0.39 is 0 Å². The van der Waals surface area contributed by atoms with Crippen LogP contribution < -0.4 is 14.8 Å². The van der Waals surface area contributed by atoms with Crippen LogP contribution in [0, 0.1) is 5.92 Å². The topological polar surface area (TPSA) is 56.8 Å². The number of nitrogens with one attached hydrogen (secondary N) is 1. The minimum atomic E-state index is -0.0316. The summed E-state index contributed by atoms with van der Waals surface area (Å²) >= 11 is 0. The van der Waals surface area contributed by atoms with Crippen molar-refractivity contribution in [2.75, 3.05) is 19.8 Å². The Bertz CT molecular complexity index is 566. The lowest BCUT2D eigenvalue weighted by Gasteiger charge is -2.30. The number of hydrogen-bond donors (Lipinski definition) is 1. The fraction of sp³-hybridized carbons (Fsp3) is 0.632. The predicted molar refractivity (Wildman–Crippen MR) is 91.4 cm³/mol. The molecule has 1 aliphatic carbocycles. The maximum atomic E-state index is 11.8. The molecule has 5 heteroatoms. The van der Waals surface area contributed by atoms with Crippen LogP contribution in [-0.2, 0) is 9.53 Å². The second-order valence-corrected chi connectivity index (χ2v) is 6.59. The Labute approximate surface area is 143 Å². The number of rotatable bonds is 5. The first kappa shape index (κ1) is 17.1. The number of benzene rings is 1. The van der Waals surface area contributed by atoms with Gasteiger partial charge in [0.1, 0.15) is 13.2 Å². The number of carbonyl (C=O) groups excluding carboxylic acids is 1. The fourth-order valence-electron chi connectivity index (χ4n) is 3.53. The standard InChI is InChI=1S/C19H27NO4/c1-3-22-19(21)14-4-7-16(8-5-14)20-13(2)15-6-9-17-18(12-15)24-11-10-23-17/h6,9,12-14,16,20H,3-5,7-8,10-11H2,1-2H3. The quantitative estimate of drug-likeness (QED) is 0.839. The molecule has 1 aromatic carbocycles. The first-order valence-electron chi connectivity index (χ1n) is 8.99. The van der Waals surface area contributed by atoms with Crippen molar-refractivity contribution in [3.8, 4) is 11.5 Å². The Morgan fingerprint density at radius 2 is 1.92 bits per heavy atom. The summed E-state index contributed by atoms with van der Waals surface area (Å²) in [6.45, 7) is 5.72. The molecule has 0 aromatic heterocycles. The third-order valence-electron chi connectivity index (χ3n) is 4.90. The summed E-state index contributed by atoms with van der Waals surface area (Å²) in [6, 6.07) is 6.83. The van der Waals surface area contributed by atoms with E-state index in [0.717, 1.165) is 37.2 Å². The third-order valence-corrected chi connectivity index (χ3v) is 4.90. The lowest BCUT2D eigenvalue weighted by molar-refractivity contribution is -0.149. The van der Waals surface area contributed by atoms with Crippen LogP contribution in [0.3, 0.4) is 0 Å². The van der Waals surface area contributed by atoms with Crippen molar-refractivity contribution in [3.63, 3.8) is 0 Å². The van der Waals surface area contributed by atoms with E-state index in [4.69, 9.17) is 14.2 Å². The van der Waals surface area contributed by atoms with Crippen LogP contribution in [0.5, 0.6) is 11.5 Å². The summed E-state index contributed by atoms with van der Waals surface area (Å²) in [5.41, 5.74) is 1.20. The van der Waals surface area contributed by atoms with Crippen molar-refractivity contribution >= 4 is 5.97 Å². The van der Waals surface area contributed by atoms with Gasteiger partial charge in [0.15, 0.2) is 11.5 Å².